The van der Waals surface area contributed by atoms with Gasteiger partial charge >= 0.3 is 0 Å². The Balaban J connectivity index is 2.52. The molecule has 0 fully saturated rings. The largest absolute Gasteiger partial charge is 0.0800 e. The molecule has 1 aliphatic carbocycles. The molecule has 0 N–H and O–H groups in total. The quantitative estimate of drug-likeness (QED) is 0.545. The van der Waals surface area contributed by atoms with Crippen molar-refractivity contribution < 1.29 is 0 Å². The predicted molar refractivity (Wildman–Crippen MR) is 45.6 cm³/mol. The second-order valence-corrected chi connectivity index (χ2v) is 3.17. The van der Waals surface area contributed by atoms with E-state index in [2.05, 4.69) is 44.6 Å². The van der Waals surface area contributed by atoms with Crippen molar-refractivity contribution in [3.63, 3.8) is 0 Å². The van der Waals surface area contributed by atoms with Gasteiger partial charge in [0.25, 0.3) is 0 Å². The second-order valence-electron chi connectivity index (χ2n) is 3.17. The minimum atomic E-state index is 0.337. The molecule has 1 rings (SSSR count). The molecule has 0 aromatic rings. The lowest BCUT2D eigenvalue weighted by Crippen LogP contribution is -2.13. The highest BCUT2D eigenvalue weighted by atomic mass is 14.2. The van der Waals surface area contributed by atoms with E-state index in [1.54, 1.807) is 0 Å². The van der Waals surface area contributed by atoms with E-state index in [1.807, 2.05) is 0 Å². The Morgan fingerprint density at radius 3 is 2.50 bits per heavy atom. The normalized spacial score (nSPS) is 31.0. The maximum Gasteiger partial charge on any atom is -0.00703 e. The summed E-state index contributed by atoms with van der Waals surface area (Å²) in [6.45, 7) is 4.50. The Bertz CT molecular complexity index is 153. The minimum absolute atomic E-state index is 0.337. The van der Waals surface area contributed by atoms with Crippen molar-refractivity contribution in [1.29, 1.82) is 0 Å². The molecule has 0 heteroatoms. The molecule has 1 atom stereocenters. The lowest BCUT2D eigenvalue weighted by atomic mass is 9.80. The lowest BCUT2D eigenvalue weighted by Gasteiger charge is -2.25. The Morgan fingerprint density at radius 2 is 2.00 bits per heavy atom. The van der Waals surface area contributed by atoms with E-state index < -0.39 is 0 Å². The molecule has 0 amide bonds. The van der Waals surface area contributed by atoms with E-state index in [1.165, 1.54) is 12.8 Å². The van der Waals surface area contributed by atoms with Gasteiger partial charge in [0.15, 0.2) is 0 Å². The van der Waals surface area contributed by atoms with Crippen LogP contribution in [0.1, 0.15) is 26.7 Å². The fourth-order valence-electron chi connectivity index (χ4n) is 1.38. The van der Waals surface area contributed by atoms with Gasteiger partial charge in [-0.25, -0.2) is 0 Å². The second kappa shape index (κ2) is 3.05. The van der Waals surface area contributed by atoms with Crippen LogP contribution in [0.5, 0.6) is 0 Å². The van der Waals surface area contributed by atoms with Gasteiger partial charge in [0.05, 0.1) is 0 Å². The average molecular weight is 135 g/mol. The summed E-state index contributed by atoms with van der Waals surface area (Å²) in [7, 11) is 0. The molecule has 0 aromatic carbocycles. The molecule has 0 saturated heterocycles. The van der Waals surface area contributed by atoms with Crippen molar-refractivity contribution in [3.05, 3.63) is 30.7 Å². The molecule has 0 heterocycles. The molecule has 0 bridgehead atoms. The van der Waals surface area contributed by atoms with Crippen molar-refractivity contribution in [2.45, 2.75) is 26.7 Å². The molecular weight excluding hydrogens is 120 g/mol. The molecule has 10 heavy (non-hydrogen) atoms. The molecule has 0 aliphatic heterocycles. The predicted octanol–water partition coefficient (Wildman–Crippen LogP) is 3.12. The first-order valence-electron chi connectivity index (χ1n) is 3.97. The van der Waals surface area contributed by atoms with Gasteiger partial charge < -0.3 is 0 Å². The summed E-state index contributed by atoms with van der Waals surface area (Å²) in [5.74, 6) is 0. The fraction of sp³-hybridized carbons (Fsp3) is 0.500. The maximum absolute atomic E-state index is 2.27. The summed E-state index contributed by atoms with van der Waals surface area (Å²) in [5.41, 5.74) is 0.337. The van der Waals surface area contributed by atoms with Gasteiger partial charge in [-0.05, 0) is 18.3 Å². The van der Waals surface area contributed by atoms with Crippen molar-refractivity contribution in [2.75, 3.05) is 0 Å². The molecule has 0 aromatic heterocycles. The van der Waals surface area contributed by atoms with Gasteiger partial charge in [-0.1, -0.05) is 44.6 Å². The van der Waals surface area contributed by atoms with E-state index in [-0.39, 0.29) is 0 Å². The topological polar surface area (TPSA) is 0 Å². The third-order valence-corrected chi connectivity index (χ3v) is 1.96. The van der Waals surface area contributed by atoms with Crippen LogP contribution in [0.3, 0.4) is 0 Å². The van der Waals surface area contributed by atoms with Crippen molar-refractivity contribution in [3.8, 4) is 0 Å². The van der Waals surface area contributed by atoms with Gasteiger partial charge in [-0.15, -0.1) is 0 Å². The zero-order chi connectivity index (χ0) is 7.45. The first kappa shape index (κ1) is 7.59. The molecule has 1 aliphatic rings. The van der Waals surface area contributed by atoms with Crippen molar-refractivity contribution >= 4 is 0 Å². The fourth-order valence-corrected chi connectivity index (χ4v) is 1.38. The molecule has 55 valence electrons. The number of hydrogen-bond acceptors (Lipinski definition) is 0. The Hall–Kier alpha value is -0.520. The van der Waals surface area contributed by atoms with Crippen LogP contribution in [0.15, 0.2) is 24.3 Å². The summed E-state index contributed by atoms with van der Waals surface area (Å²) in [6, 6.07) is 0. The molecular formula is C10H15. The van der Waals surface area contributed by atoms with Gasteiger partial charge in [0, 0.05) is 0 Å². The first-order chi connectivity index (χ1) is 4.77. The van der Waals surface area contributed by atoms with Crippen molar-refractivity contribution in [1.82, 2.24) is 0 Å². The zero-order valence-corrected chi connectivity index (χ0v) is 6.80. The van der Waals surface area contributed by atoms with E-state index in [4.69, 9.17) is 0 Å². The third kappa shape index (κ3) is 1.73. The lowest BCUT2D eigenvalue weighted by molar-refractivity contribution is 0.463. The van der Waals surface area contributed by atoms with E-state index >= 15 is 0 Å². The highest BCUT2D eigenvalue weighted by molar-refractivity contribution is 5.23. The number of rotatable bonds is 2. The van der Waals surface area contributed by atoms with Crippen LogP contribution < -0.4 is 0 Å². The van der Waals surface area contributed by atoms with Crippen molar-refractivity contribution in [2.24, 2.45) is 5.41 Å². The molecule has 0 spiro atoms. The Labute approximate surface area is 63.6 Å². The smallest absolute Gasteiger partial charge is 0.00703 e. The number of hydrogen-bond donors (Lipinski definition) is 0. The van der Waals surface area contributed by atoms with E-state index in [0.717, 1.165) is 0 Å². The van der Waals surface area contributed by atoms with Crippen LogP contribution in [-0.4, -0.2) is 0 Å². The summed E-state index contributed by atoms with van der Waals surface area (Å²) in [6.07, 6.45) is 13.4. The maximum atomic E-state index is 2.27. The van der Waals surface area contributed by atoms with E-state index in [9.17, 15) is 0 Å². The standard InChI is InChI=1S/C10H15/c1-3-7-10(2)8-5-4-6-9-10/h4-6,8-9H,3,7H2,1-2H3. The average Bonchev–Trinajstić information content (AvgIpc) is 1.89. The minimum Gasteiger partial charge on any atom is -0.0800 e. The van der Waals surface area contributed by atoms with Crippen LogP contribution in [-0.2, 0) is 0 Å². The molecule has 0 nitrogen and oxygen atoms in total. The highest BCUT2D eigenvalue weighted by Crippen LogP contribution is 2.30. The molecule has 1 radical (unpaired) electrons. The van der Waals surface area contributed by atoms with Crippen LogP contribution in [0.4, 0.5) is 0 Å². The van der Waals surface area contributed by atoms with E-state index in [0.29, 0.717) is 5.41 Å². The summed E-state index contributed by atoms with van der Waals surface area (Å²) in [5, 5.41) is 0. The van der Waals surface area contributed by atoms with Gasteiger partial charge in [-0.2, -0.15) is 0 Å². The summed E-state index contributed by atoms with van der Waals surface area (Å²) in [4.78, 5) is 0. The summed E-state index contributed by atoms with van der Waals surface area (Å²) >= 11 is 0. The zero-order valence-electron chi connectivity index (χ0n) is 6.80. The number of allylic oxidation sites excluding steroid dienone is 4. The Morgan fingerprint density at radius 1 is 1.20 bits per heavy atom. The first-order valence-corrected chi connectivity index (χ1v) is 3.97. The SMILES string of the molecule is CCCC1(C)[CH]C=CC=C1. The van der Waals surface area contributed by atoms with Crippen LogP contribution in [0.2, 0.25) is 0 Å². The van der Waals surface area contributed by atoms with Gasteiger partial charge in [0.2, 0.25) is 0 Å². The van der Waals surface area contributed by atoms with Crippen LogP contribution in [0.25, 0.3) is 0 Å². The molecule has 1 unspecified atom stereocenters. The Kier molecular flexibility index (Phi) is 2.31. The van der Waals surface area contributed by atoms with Crippen LogP contribution in [0, 0.1) is 11.8 Å². The van der Waals surface area contributed by atoms with Gasteiger partial charge in [-0.3, -0.25) is 0 Å². The highest BCUT2D eigenvalue weighted by Gasteiger charge is 2.18. The monoisotopic (exact) mass is 135 g/mol. The third-order valence-electron chi connectivity index (χ3n) is 1.96. The summed E-state index contributed by atoms with van der Waals surface area (Å²) < 4.78 is 0. The van der Waals surface area contributed by atoms with Crippen LogP contribution >= 0.6 is 0 Å². The van der Waals surface area contributed by atoms with Gasteiger partial charge in [0.1, 0.15) is 0 Å². The molecule has 0 saturated carbocycles.